The first kappa shape index (κ1) is 10.9. The molecule has 0 aliphatic carbocycles. The summed E-state index contributed by atoms with van der Waals surface area (Å²) in [5, 5.41) is 12.9. The molecule has 1 aromatic carbocycles. The van der Waals surface area contributed by atoms with Crippen molar-refractivity contribution in [2.24, 2.45) is 5.73 Å². The number of nitrogens with zero attached hydrogens (tertiary/aromatic N) is 3. The fraction of sp³-hybridized carbons (Fsp3) is 0.0833. The van der Waals surface area contributed by atoms with E-state index in [1.54, 1.807) is 29.1 Å². The van der Waals surface area contributed by atoms with Gasteiger partial charge in [0.05, 0.1) is 17.3 Å². The first-order valence-electron chi connectivity index (χ1n) is 4.98. The number of nitriles is 1. The summed E-state index contributed by atoms with van der Waals surface area (Å²) in [6.45, 7) is 1.85. The Kier molecular flexibility index (Phi) is 2.63. The largest absolute Gasteiger partial charge is 0.364 e. The van der Waals surface area contributed by atoms with Crippen molar-refractivity contribution in [3.05, 3.63) is 47.3 Å². The highest BCUT2D eigenvalue weighted by Gasteiger charge is 2.06. The maximum absolute atomic E-state index is 10.9. The highest BCUT2D eigenvalue weighted by atomic mass is 16.1. The number of carbonyl (C=O) groups excluding carboxylic acids is 1. The Morgan fingerprint density at radius 2 is 2.24 bits per heavy atom. The van der Waals surface area contributed by atoms with Crippen LogP contribution in [0.4, 0.5) is 0 Å². The lowest BCUT2D eigenvalue weighted by molar-refractivity contribution is 0.0995. The molecule has 5 heteroatoms. The van der Waals surface area contributed by atoms with Crippen LogP contribution in [0.3, 0.4) is 0 Å². The molecule has 1 aromatic heterocycles. The molecule has 0 aliphatic heterocycles. The molecule has 5 nitrogen and oxygen atoms in total. The van der Waals surface area contributed by atoms with Gasteiger partial charge in [0, 0.05) is 6.20 Å². The van der Waals surface area contributed by atoms with Gasteiger partial charge in [-0.2, -0.15) is 10.4 Å². The van der Waals surface area contributed by atoms with E-state index in [1.807, 2.05) is 13.0 Å². The zero-order valence-electron chi connectivity index (χ0n) is 9.21. The van der Waals surface area contributed by atoms with Gasteiger partial charge in [-0.05, 0) is 36.8 Å². The van der Waals surface area contributed by atoms with Crippen LogP contribution in [0, 0.1) is 18.3 Å². The standard InChI is InChI=1S/C12H10N4O/c1-8-6-10(3-2-9(8)7-13)16-5-4-11(15-16)12(14)17/h2-6H,1H3,(H2,14,17). The lowest BCUT2D eigenvalue weighted by Gasteiger charge is -2.03. The second-order valence-electron chi connectivity index (χ2n) is 3.62. The van der Waals surface area contributed by atoms with E-state index in [2.05, 4.69) is 11.2 Å². The Balaban J connectivity index is 2.43. The minimum absolute atomic E-state index is 0.215. The van der Waals surface area contributed by atoms with Crippen LogP contribution in [0.25, 0.3) is 5.69 Å². The average Bonchev–Trinajstić information content (AvgIpc) is 2.78. The van der Waals surface area contributed by atoms with Crippen molar-refractivity contribution < 1.29 is 4.79 Å². The Morgan fingerprint density at radius 3 is 2.76 bits per heavy atom. The van der Waals surface area contributed by atoms with Crippen LogP contribution < -0.4 is 5.73 Å². The topological polar surface area (TPSA) is 84.7 Å². The van der Waals surface area contributed by atoms with Crippen molar-refractivity contribution in [1.29, 1.82) is 5.26 Å². The predicted molar refractivity (Wildman–Crippen MR) is 61.5 cm³/mol. The van der Waals surface area contributed by atoms with E-state index in [1.165, 1.54) is 0 Å². The fourth-order valence-corrected chi connectivity index (χ4v) is 1.51. The Bertz CT molecular complexity index is 622. The normalized spacial score (nSPS) is 9.88. The predicted octanol–water partition coefficient (Wildman–Crippen LogP) is 1.15. The Labute approximate surface area is 98.1 Å². The van der Waals surface area contributed by atoms with Crippen molar-refractivity contribution in [3.63, 3.8) is 0 Å². The molecule has 0 bridgehead atoms. The third-order valence-electron chi connectivity index (χ3n) is 2.44. The van der Waals surface area contributed by atoms with Gasteiger partial charge in [0.1, 0.15) is 5.69 Å². The van der Waals surface area contributed by atoms with E-state index in [0.717, 1.165) is 11.3 Å². The Hall–Kier alpha value is -2.61. The number of hydrogen-bond acceptors (Lipinski definition) is 3. The summed E-state index contributed by atoms with van der Waals surface area (Å²) in [7, 11) is 0. The van der Waals surface area contributed by atoms with Gasteiger partial charge in [-0.3, -0.25) is 4.79 Å². The van der Waals surface area contributed by atoms with E-state index in [4.69, 9.17) is 11.0 Å². The van der Waals surface area contributed by atoms with Crippen molar-refractivity contribution in [1.82, 2.24) is 9.78 Å². The first-order valence-corrected chi connectivity index (χ1v) is 4.98. The average molecular weight is 226 g/mol. The number of hydrogen-bond donors (Lipinski definition) is 1. The fourth-order valence-electron chi connectivity index (χ4n) is 1.51. The molecule has 2 N–H and O–H groups in total. The van der Waals surface area contributed by atoms with E-state index in [-0.39, 0.29) is 5.69 Å². The van der Waals surface area contributed by atoms with Crippen LogP contribution in [0.1, 0.15) is 21.6 Å². The first-order chi connectivity index (χ1) is 8.11. The molecular weight excluding hydrogens is 216 g/mol. The number of rotatable bonds is 2. The van der Waals surface area contributed by atoms with Gasteiger partial charge in [-0.25, -0.2) is 4.68 Å². The highest BCUT2D eigenvalue weighted by Crippen LogP contribution is 2.13. The summed E-state index contributed by atoms with van der Waals surface area (Å²) in [4.78, 5) is 10.9. The summed E-state index contributed by atoms with van der Waals surface area (Å²) in [5.74, 6) is -0.561. The molecule has 2 aromatic rings. The molecule has 0 spiro atoms. The van der Waals surface area contributed by atoms with Crippen LogP contribution >= 0.6 is 0 Å². The second kappa shape index (κ2) is 4.10. The molecule has 0 aliphatic rings. The molecule has 1 amide bonds. The van der Waals surface area contributed by atoms with Crippen LogP contribution in [0.15, 0.2) is 30.5 Å². The highest BCUT2D eigenvalue weighted by molar-refractivity contribution is 5.90. The summed E-state index contributed by atoms with van der Waals surface area (Å²) in [5.41, 5.74) is 7.61. The summed E-state index contributed by atoms with van der Waals surface area (Å²) < 4.78 is 1.55. The van der Waals surface area contributed by atoms with Gasteiger partial charge in [0.15, 0.2) is 0 Å². The van der Waals surface area contributed by atoms with E-state index in [9.17, 15) is 4.79 Å². The lowest BCUT2D eigenvalue weighted by Crippen LogP contribution is -2.12. The zero-order chi connectivity index (χ0) is 12.4. The molecular formula is C12H10N4O. The van der Waals surface area contributed by atoms with Gasteiger partial charge >= 0.3 is 0 Å². The summed E-state index contributed by atoms with van der Waals surface area (Å²) in [6.07, 6.45) is 1.65. The number of amides is 1. The maximum Gasteiger partial charge on any atom is 0.269 e. The summed E-state index contributed by atoms with van der Waals surface area (Å²) in [6, 6.07) is 8.96. The SMILES string of the molecule is Cc1cc(-n2ccc(C(N)=O)n2)ccc1C#N. The molecule has 0 fully saturated rings. The maximum atomic E-state index is 10.9. The molecule has 0 radical (unpaired) electrons. The number of aryl methyl sites for hydroxylation is 1. The van der Waals surface area contributed by atoms with Crippen molar-refractivity contribution in [2.45, 2.75) is 6.92 Å². The molecule has 0 saturated heterocycles. The van der Waals surface area contributed by atoms with Crippen LogP contribution in [0.5, 0.6) is 0 Å². The Morgan fingerprint density at radius 1 is 1.47 bits per heavy atom. The molecule has 0 saturated carbocycles. The smallest absolute Gasteiger partial charge is 0.269 e. The number of carbonyl (C=O) groups is 1. The van der Waals surface area contributed by atoms with Gasteiger partial charge in [0.2, 0.25) is 0 Å². The third kappa shape index (κ3) is 2.01. The molecule has 17 heavy (non-hydrogen) atoms. The van der Waals surface area contributed by atoms with E-state index in [0.29, 0.717) is 5.56 Å². The number of aromatic nitrogens is 2. The number of primary amides is 1. The van der Waals surface area contributed by atoms with Crippen molar-refractivity contribution in [3.8, 4) is 11.8 Å². The zero-order valence-corrected chi connectivity index (χ0v) is 9.21. The quantitative estimate of drug-likeness (QED) is 0.833. The number of nitrogens with two attached hydrogens (primary N) is 1. The third-order valence-corrected chi connectivity index (χ3v) is 2.44. The monoisotopic (exact) mass is 226 g/mol. The minimum atomic E-state index is -0.561. The second-order valence-corrected chi connectivity index (χ2v) is 3.62. The van der Waals surface area contributed by atoms with Gasteiger partial charge in [0.25, 0.3) is 5.91 Å². The van der Waals surface area contributed by atoms with Gasteiger partial charge in [-0.1, -0.05) is 0 Å². The van der Waals surface area contributed by atoms with Crippen molar-refractivity contribution >= 4 is 5.91 Å². The van der Waals surface area contributed by atoms with Crippen LogP contribution in [0.2, 0.25) is 0 Å². The van der Waals surface area contributed by atoms with Gasteiger partial charge < -0.3 is 5.73 Å². The minimum Gasteiger partial charge on any atom is -0.364 e. The molecule has 0 unspecified atom stereocenters. The molecule has 2 rings (SSSR count). The van der Waals surface area contributed by atoms with Crippen LogP contribution in [-0.2, 0) is 0 Å². The van der Waals surface area contributed by atoms with Crippen molar-refractivity contribution in [2.75, 3.05) is 0 Å². The molecule has 84 valence electrons. The van der Waals surface area contributed by atoms with Crippen LogP contribution in [-0.4, -0.2) is 15.7 Å². The lowest BCUT2D eigenvalue weighted by atomic mass is 10.1. The van der Waals surface area contributed by atoms with E-state index < -0.39 is 5.91 Å². The van der Waals surface area contributed by atoms with E-state index >= 15 is 0 Å². The number of benzene rings is 1. The molecule has 0 atom stereocenters. The summed E-state index contributed by atoms with van der Waals surface area (Å²) >= 11 is 0. The molecule has 1 heterocycles. The van der Waals surface area contributed by atoms with Gasteiger partial charge in [-0.15, -0.1) is 0 Å².